The zero-order chi connectivity index (χ0) is 14.2. The lowest BCUT2D eigenvalue weighted by atomic mass is 10.1. The number of nitrogen functional groups attached to an aromatic ring is 1. The highest BCUT2D eigenvalue weighted by atomic mass is 79.9. The Morgan fingerprint density at radius 2 is 2.16 bits per heavy atom. The molecule has 0 aliphatic carbocycles. The summed E-state index contributed by atoms with van der Waals surface area (Å²) < 4.78 is 30.5. The lowest BCUT2D eigenvalue weighted by Gasteiger charge is -2.04. The van der Waals surface area contributed by atoms with Gasteiger partial charge in [0.1, 0.15) is 10.2 Å². The van der Waals surface area contributed by atoms with E-state index in [1.54, 1.807) is 18.2 Å². The van der Waals surface area contributed by atoms with E-state index in [0.717, 1.165) is 0 Å². The van der Waals surface area contributed by atoms with Crippen molar-refractivity contribution in [2.45, 2.75) is 6.61 Å². The van der Waals surface area contributed by atoms with Crippen LogP contribution in [0.4, 0.5) is 14.5 Å². The summed E-state index contributed by atoms with van der Waals surface area (Å²) in [5, 5.41) is 4.53. The van der Waals surface area contributed by atoms with Gasteiger partial charge in [-0.15, -0.1) is 0 Å². The predicted octanol–water partition coefficient (Wildman–Crippen LogP) is 3.69. The van der Waals surface area contributed by atoms with Crippen molar-refractivity contribution < 1.29 is 13.5 Å². The number of aromatic nitrogens is 2. The fourth-order valence-corrected chi connectivity index (χ4v) is 2.35. The summed E-state index contributed by atoms with van der Waals surface area (Å²) >= 11 is 9.02. The molecule has 0 amide bonds. The smallest absolute Gasteiger partial charge is 0.388 e. The van der Waals surface area contributed by atoms with E-state index in [1.165, 1.54) is 11.7 Å². The van der Waals surface area contributed by atoms with Crippen LogP contribution in [0, 0.1) is 0 Å². The van der Waals surface area contributed by atoms with Crippen LogP contribution >= 0.6 is 27.5 Å². The quantitative estimate of drug-likeness (QED) is 0.857. The topological polar surface area (TPSA) is 53.1 Å². The Hall–Kier alpha value is -1.34. The summed E-state index contributed by atoms with van der Waals surface area (Å²) in [6.07, 6.45) is 0. The van der Waals surface area contributed by atoms with Crippen molar-refractivity contribution in [2.24, 2.45) is 7.05 Å². The molecule has 1 aromatic carbocycles. The molecule has 0 unspecified atom stereocenters. The van der Waals surface area contributed by atoms with Crippen LogP contribution in [0.1, 0.15) is 0 Å². The van der Waals surface area contributed by atoms with E-state index in [1.807, 2.05) is 0 Å². The highest BCUT2D eigenvalue weighted by Gasteiger charge is 2.20. The summed E-state index contributed by atoms with van der Waals surface area (Å²) in [4.78, 5) is 0. The number of ether oxygens (including phenoxy) is 1. The van der Waals surface area contributed by atoms with Gasteiger partial charge in [0.2, 0.25) is 5.88 Å². The van der Waals surface area contributed by atoms with Crippen molar-refractivity contribution in [3.05, 3.63) is 27.7 Å². The minimum Gasteiger partial charge on any atom is -0.416 e. The normalized spacial score (nSPS) is 11.1. The maximum Gasteiger partial charge on any atom is 0.388 e. The standard InChI is InChI=1S/C11H9BrClF2N3O/c1-18-10(19-11(14)15)8(12)9(17-18)5-2-3-6(13)7(16)4-5/h2-4,11H,16H2,1H3. The van der Waals surface area contributed by atoms with Gasteiger partial charge in [-0.05, 0) is 28.1 Å². The van der Waals surface area contributed by atoms with Gasteiger partial charge in [0.05, 0.1) is 10.7 Å². The molecule has 1 heterocycles. The van der Waals surface area contributed by atoms with Crippen molar-refractivity contribution in [2.75, 3.05) is 5.73 Å². The lowest BCUT2D eigenvalue weighted by Crippen LogP contribution is -2.06. The minimum atomic E-state index is -2.92. The molecule has 102 valence electrons. The van der Waals surface area contributed by atoms with Crippen LogP contribution in [0.2, 0.25) is 5.02 Å². The summed E-state index contributed by atoms with van der Waals surface area (Å²) in [6, 6.07) is 4.92. The van der Waals surface area contributed by atoms with Gasteiger partial charge in [0, 0.05) is 12.6 Å². The summed E-state index contributed by atoms with van der Waals surface area (Å²) in [6.45, 7) is -2.92. The number of rotatable bonds is 3. The lowest BCUT2D eigenvalue weighted by molar-refractivity contribution is -0.0558. The highest BCUT2D eigenvalue weighted by molar-refractivity contribution is 9.10. The molecule has 0 bridgehead atoms. The molecule has 0 aliphatic heterocycles. The van der Waals surface area contributed by atoms with Crippen molar-refractivity contribution >= 4 is 33.2 Å². The molecule has 4 nitrogen and oxygen atoms in total. The number of hydrogen-bond donors (Lipinski definition) is 1. The Morgan fingerprint density at radius 3 is 2.74 bits per heavy atom. The maximum absolute atomic E-state index is 12.3. The first-order valence-corrected chi connectivity index (χ1v) is 6.30. The number of anilines is 1. The van der Waals surface area contributed by atoms with Crippen LogP contribution in [0.3, 0.4) is 0 Å². The van der Waals surface area contributed by atoms with Crippen molar-refractivity contribution in [1.82, 2.24) is 9.78 Å². The molecule has 0 aliphatic rings. The van der Waals surface area contributed by atoms with E-state index >= 15 is 0 Å². The van der Waals surface area contributed by atoms with Crippen molar-refractivity contribution in [3.63, 3.8) is 0 Å². The first-order chi connectivity index (χ1) is 8.90. The van der Waals surface area contributed by atoms with Crippen LogP contribution in [-0.2, 0) is 7.05 Å². The number of halogens is 4. The molecule has 1 aromatic heterocycles. The van der Waals surface area contributed by atoms with Gasteiger partial charge in [0.25, 0.3) is 0 Å². The molecule has 0 atom stereocenters. The molecule has 0 spiro atoms. The Bertz CT molecular complexity index is 618. The number of aryl methyl sites for hydroxylation is 1. The van der Waals surface area contributed by atoms with Crippen molar-refractivity contribution in [3.8, 4) is 17.1 Å². The van der Waals surface area contributed by atoms with E-state index in [0.29, 0.717) is 26.4 Å². The number of nitrogens with two attached hydrogens (primary N) is 1. The number of alkyl halides is 2. The van der Waals surface area contributed by atoms with E-state index in [-0.39, 0.29) is 5.88 Å². The molecular weight excluding hydrogens is 343 g/mol. The zero-order valence-electron chi connectivity index (χ0n) is 9.70. The van der Waals surface area contributed by atoms with Crippen LogP contribution < -0.4 is 10.5 Å². The molecule has 2 N–H and O–H groups in total. The second kappa shape index (κ2) is 5.34. The Morgan fingerprint density at radius 1 is 1.47 bits per heavy atom. The van der Waals surface area contributed by atoms with Gasteiger partial charge in [-0.1, -0.05) is 17.7 Å². The van der Waals surface area contributed by atoms with E-state index in [2.05, 4.69) is 25.8 Å². The number of hydrogen-bond acceptors (Lipinski definition) is 3. The maximum atomic E-state index is 12.3. The van der Waals surface area contributed by atoms with Crippen LogP contribution in [0.5, 0.6) is 5.88 Å². The Balaban J connectivity index is 2.48. The summed E-state index contributed by atoms with van der Waals surface area (Å²) in [7, 11) is 1.51. The first kappa shape index (κ1) is 14.1. The molecular formula is C11H9BrClF2N3O. The van der Waals surface area contributed by atoms with Gasteiger partial charge in [-0.3, -0.25) is 0 Å². The van der Waals surface area contributed by atoms with E-state index < -0.39 is 6.61 Å². The second-order valence-corrected chi connectivity index (χ2v) is 4.91. The molecule has 0 fully saturated rings. The number of benzene rings is 1. The SMILES string of the molecule is Cn1nc(-c2ccc(Cl)c(N)c2)c(Br)c1OC(F)F. The first-order valence-electron chi connectivity index (χ1n) is 5.13. The third kappa shape index (κ3) is 2.82. The average molecular weight is 353 g/mol. The molecule has 8 heteroatoms. The second-order valence-electron chi connectivity index (χ2n) is 3.71. The Labute approximate surface area is 121 Å². The van der Waals surface area contributed by atoms with Gasteiger partial charge in [0.15, 0.2) is 0 Å². The fraction of sp³-hybridized carbons (Fsp3) is 0.182. The zero-order valence-corrected chi connectivity index (χ0v) is 12.0. The summed E-state index contributed by atoms with van der Waals surface area (Å²) in [5.41, 5.74) is 7.18. The third-order valence-electron chi connectivity index (χ3n) is 2.41. The molecule has 0 radical (unpaired) electrons. The van der Waals surface area contributed by atoms with Crippen LogP contribution in [-0.4, -0.2) is 16.4 Å². The Kier molecular flexibility index (Phi) is 3.96. The monoisotopic (exact) mass is 351 g/mol. The largest absolute Gasteiger partial charge is 0.416 e. The van der Waals surface area contributed by atoms with Gasteiger partial charge in [-0.25, -0.2) is 4.68 Å². The van der Waals surface area contributed by atoms with E-state index in [9.17, 15) is 8.78 Å². The van der Waals surface area contributed by atoms with Gasteiger partial charge < -0.3 is 10.5 Å². The average Bonchev–Trinajstić information content (AvgIpc) is 2.60. The van der Waals surface area contributed by atoms with Gasteiger partial charge >= 0.3 is 6.61 Å². The predicted molar refractivity (Wildman–Crippen MR) is 72.4 cm³/mol. The van der Waals surface area contributed by atoms with Crippen molar-refractivity contribution in [1.29, 1.82) is 0 Å². The molecule has 2 rings (SSSR count). The molecule has 0 saturated heterocycles. The fourth-order valence-electron chi connectivity index (χ4n) is 1.57. The third-order valence-corrected chi connectivity index (χ3v) is 3.47. The van der Waals surface area contributed by atoms with E-state index in [4.69, 9.17) is 17.3 Å². The van der Waals surface area contributed by atoms with Crippen LogP contribution in [0.25, 0.3) is 11.3 Å². The highest BCUT2D eigenvalue weighted by Crippen LogP contribution is 2.37. The number of nitrogens with zero attached hydrogens (tertiary/aromatic N) is 2. The molecule has 0 saturated carbocycles. The minimum absolute atomic E-state index is 0.0569. The van der Waals surface area contributed by atoms with Gasteiger partial charge in [-0.2, -0.15) is 13.9 Å². The molecule has 19 heavy (non-hydrogen) atoms. The van der Waals surface area contributed by atoms with Crippen LogP contribution in [0.15, 0.2) is 22.7 Å². The summed E-state index contributed by atoms with van der Waals surface area (Å²) in [5.74, 6) is -0.0569. The molecule has 2 aromatic rings.